The summed E-state index contributed by atoms with van der Waals surface area (Å²) in [5, 5.41) is 6.10. The van der Waals surface area contributed by atoms with Crippen molar-refractivity contribution in [2.24, 2.45) is 11.8 Å². The lowest BCUT2D eigenvalue weighted by Gasteiger charge is -2.05. The van der Waals surface area contributed by atoms with Crippen molar-refractivity contribution in [2.75, 3.05) is 13.1 Å². The number of carbonyl (C=O) groups excluding carboxylic acids is 1. The Morgan fingerprint density at radius 3 is 2.50 bits per heavy atom. The number of nitrogens with zero attached hydrogens (tertiary/aromatic N) is 1. The zero-order chi connectivity index (χ0) is 15.0. The highest BCUT2D eigenvalue weighted by atomic mass is 16.3. The fraction of sp³-hybridized carbons (Fsp3) is 0.733. The van der Waals surface area contributed by atoms with Crippen LogP contribution in [0.2, 0.25) is 0 Å². The summed E-state index contributed by atoms with van der Waals surface area (Å²) < 4.78 is 5.29. The van der Waals surface area contributed by atoms with Gasteiger partial charge in [0.05, 0.1) is 6.54 Å². The molecule has 0 saturated heterocycles. The van der Waals surface area contributed by atoms with Gasteiger partial charge in [-0.3, -0.25) is 4.79 Å². The Morgan fingerprint density at radius 2 is 1.85 bits per heavy atom. The monoisotopic (exact) mass is 281 g/mol. The molecule has 1 rings (SSSR count). The molecule has 0 saturated carbocycles. The maximum Gasteiger partial charge on any atom is 0.273 e. The third-order valence-corrected chi connectivity index (χ3v) is 2.97. The van der Waals surface area contributed by atoms with Crippen molar-refractivity contribution in [2.45, 2.75) is 47.1 Å². The van der Waals surface area contributed by atoms with Crippen molar-refractivity contribution in [3.63, 3.8) is 0 Å². The van der Waals surface area contributed by atoms with Gasteiger partial charge in [0.25, 0.3) is 5.91 Å². The first-order valence-corrected chi connectivity index (χ1v) is 7.42. The van der Waals surface area contributed by atoms with Crippen LogP contribution in [0, 0.1) is 11.8 Å². The second kappa shape index (κ2) is 8.74. The third-order valence-electron chi connectivity index (χ3n) is 2.97. The summed E-state index contributed by atoms with van der Waals surface area (Å²) in [6, 6.07) is 0. The molecule has 0 bridgehead atoms. The van der Waals surface area contributed by atoms with E-state index in [1.165, 1.54) is 6.26 Å². The van der Waals surface area contributed by atoms with Crippen molar-refractivity contribution in [1.82, 2.24) is 15.6 Å². The summed E-state index contributed by atoms with van der Waals surface area (Å²) in [5.74, 6) is 1.65. The van der Waals surface area contributed by atoms with Crippen LogP contribution in [0.4, 0.5) is 0 Å². The van der Waals surface area contributed by atoms with Gasteiger partial charge in [-0.2, -0.15) is 0 Å². The molecule has 2 N–H and O–H groups in total. The zero-order valence-electron chi connectivity index (χ0n) is 13.0. The maximum absolute atomic E-state index is 11.8. The van der Waals surface area contributed by atoms with Crippen LogP contribution in [0.1, 0.15) is 56.9 Å². The fourth-order valence-electron chi connectivity index (χ4n) is 1.65. The highest BCUT2D eigenvalue weighted by Gasteiger charge is 2.11. The Kier molecular flexibility index (Phi) is 7.30. The minimum absolute atomic E-state index is 0.164. The van der Waals surface area contributed by atoms with E-state index in [1.54, 1.807) is 0 Å². The summed E-state index contributed by atoms with van der Waals surface area (Å²) in [6.07, 6.45) is 3.50. The molecule has 1 amide bonds. The number of hydrogen-bond donors (Lipinski definition) is 2. The number of rotatable bonds is 9. The van der Waals surface area contributed by atoms with E-state index >= 15 is 0 Å². The first-order valence-electron chi connectivity index (χ1n) is 7.42. The Hall–Kier alpha value is -1.36. The molecule has 0 aliphatic carbocycles. The molecule has 5 heteroatoms. The normalized spacial score (nSPS) is 11.3. The number of hydrogen-bond acceptors (Lipinski definition) is 4. The lowest BCUT2D eigenvalue weighted by Crippen LogP contribution is -2.25. The molecule has 1 heterocycles. The summed E-state index contributed by atoms with van der Waals surface area (Å²) in [5.41, 5.74) is 0.356. The molecule has 1 aromatic heterocycles. The smallest absolute Gasteiger partial charge is 0.273 e. The largest absolute Gasteiger partial charge is 0.447 e. The average Bonchev–Trinajstić information content (AvgIpc) is 2.82. The maximum atomic E-state index is 11.8. The molecule has 0 unspecified atom stereocenters. The van der Waals surface area contributed by atoms with Gasteiger partial charge in [0, 0.05) is 6.54 Å². The Balaban J connectivity index is 2.29. The van der Waals surface area contributed by atoms with Gasteiger partial charge in [-0.05, 0) is 31.2 Å². The van der Waals surface area contributed by atoms with Gasteiger partial charge in [0.1, 0.15) is 6.26 Å². The lowest BCUT2D eigenvalue weighted by atomic mass is 10.1. The summed E-state index contributed by atoms with van der Waals surface area (Å²) >= 11 is 0. The standard InChI is InChI=1S/C15H27N3O2/c1-11(2)5-7-16-9-14-18-13(10-20-14)15(19)17-8-6-12(3)4/h10-12,16H,5-9H2,1-4H3,(H,17,19). The number of aromatic nitrogens is 1. The second-order valence-corrected chi connectivity index (χ2v) is 5.92. The van der Waals surface area contributed by atoms with Crippen molar-refractivity contribution < 1.29 is 9.21 Å². The summed E-state index contributed by atoms with van der Waals surface area (Å²) in [7, 11) is 0. The van der Waals surface area contributed by atoms with Gasteiger partial charge >= 0.3 is 0 Å². The number of oxazole rings is 1. The molecule has 0 fully saturated rings. The number of amides is 1. The van der Waals surface area contributed by atoms with E-state index in [0.29, 0.717) is 36.5 Å². The molecule has 0 aromatic carbocycles. The highest BCUT2D eigenvalue weighted by molar-refractivity contribution is 5.91. The van der Waals surface area contributed by atoms with E-state index in [9.17, 15) is 4.79 Å². The van der Waals surface area contributed by atoms with Crippen LogP contribution in [0.5, 0.6) is 0 Å². The molecule has 0 spiro atoms. The van der Waals surface area contributed by atoms with Crippen LogP contribution in [-0.2, 0) is 6.54 Å². The first-order chi connectivity index (χ1) is 9.49. The molecule has 0 atom stereocenters. The van der Waals surface area contributed by atoms with Crippen molar-refractivity contribution in [3.05, 3.63) is 17.8 Å². The van der Waals surface area contributed by atoms with Crippen LogP contribution >= 0.6 is 0 Å². The van der Waals surface area contributed by atoms with E-state index in [1.807, 2.05) is 0 Å². The van der Waals surface area contributed by atoms with Gasteiger partial charge in [-0.15, -0.1) is 0 Å². The minimum Gasteiger partial charge on any atom is -0.447 e. The quantitative estimate of drug-likeness (QED) is 0.683. The van der Waals surface area contributed by atoms with Crippen LogP contribution in [-0.4, -0.2) is 24.0 Å². The Morgan fingerprint density at radius 1 is 1.20 bits per heavy atom. The molecular formula is C15H27N3O2. The van der Waals surface area contributed by atoms with Crippen LogP contribution in [0.3, 0.4) is 0 Å². The van der Waals surface area contributed by atoms with Crippen molar-refractivity contribution >= 4 is 5.91 Å². The molecule has 114 valence electrons. The Labute approximate surface area is 121 Å². The van der Waals surface area contributed by atoms with Gasteiger partial charge in [-0.25, -0.2) is 4.98 Å². The molecule has 20 heavy (non-hydrogen) atoms. The van der Waals surface area contributed by atoms with Crippen LogP contribution in [0.15, 0.2) is 10.7 Å². The van der Waals surface area contributed by atoms with E-state index in [2.05, 4.69) is 43.3 Å². The van der Waals surface area contributed by atoms with E-state index in [4.69, 9.17) is 4.42 Å². The molecule has 0 aliphatic rings. The van der Waals surface area contributed by atoms with E-state index < -0.39 is 0 Å². The molecule has 1 aromatic rings. The topological polar surface area (TPSA) is 67.2 Å². The second-order valence-electron chi connectivity index (χ2n) is 5.92. The molecule has 0 radical (unpaired) electrons. The van der Waals surface area contributed by atoms with Crippen molar-refractivity contribution in [1.29, 1.82) is 0 Å². The first kappa shape index (κ1) is 16.7. The minimum atomic E-state index is -0.164. The van der Waals surface area contributed by atoms with Crippen LogP contribution < -0.4 is 10.6 Å². The molecule has 5 nitrogen and oxygen atoms in total. The predicted molar refractivity (Wildman–Crippen MR) is 79.5 cm³/mol. The SMILES string of the molecule is CC(C)CCNCc1nc(C(=O)NCCC(C)C)co1. The number of carbonyl (C=O) groups is 1. The van der Waals surface area contributed by atoms with Gasteiger partial charge in [0.15, 0.2) is 5.69 Å². The van der Waals surface area contributed by atoms with E-state index in [0.717, 1.165) is 19.4 Å². The van der Waals surface area contributed by atoms with Crippen LogP contribution in [0.25, 0.3) is 0 Å². The van der Waals surface area contributed by atoms with Crippen molar-refractivity contribution in [3.8, 4) is 0 Å². The van der Waals surface area contributed by atoms with Gasteiger partial charge < -0.3 is 15.1 Å². The fourth-order valence-corrected chi connectivity index (χ4v) is 1.65. The predicted octanol–water partition coefficient (Wildman–Crippen LogP) is 2.59. The lowest BCUT2D eigenvalue weighted by molar-refractivity contribution is 0.0947. The van der Waals surface area contributed by atoms with E-state index in [-0.39, 0.29) is 5.91 Å². The van der Waals surface area contributed by atoms with Gasteiger partial charge in [-0.1, -0.05) is 27.7 Å². The Bertz CT molecular complexity index is 400. The zero-order valence-corrected chi connectivity index (χ0v) is 13.0. The third kappa shape index (κ3) is 6.70. The summed E-state index contributed by atoms with van der Waals surface area (Å²) in [4.78, 5) is 16.0. The highest BCUT2D eigenvalue weighted by Crippen LogP contribution is 2.03. The number of nitrogens with one attached hydrogen (secondary N) is 2. The molecule has 0 aliphatic heterocycles. The molecular weight excluding hydrogens is 254 g/mol. The van der Waals surface area contributed by atoms with Gasteiger partial charge in [0.2, 0.25) is 5.89 Å². The average molecular weight is 281 g/mol. The summed E-state index contributed by atoms with van der Waals surface area (Å²) in [6.45, 7) is 10.8.